The minimum atomic E-state index is 0.102. The minimum absolute atomic E-state index is 0.102. The van der Waals surface area contributed by atoms with Gasteiger partial charge in [-0.3, -0.25) is 9.59 Å². The molecule has 3 fully saturated rings. The number of carbonyl (C=O) groups excluding carboxylic acids is 2. The summed E-state index contributed by atoms with van der Waals surface area (Å²) >= 11 is 0. The second kappa shape index (κ2) is 7.22. The van der Waals surface area contributed by atoms with Crippen molar-refractivity contribution < 1.29 is 9.59 Å². The van der Waals surface area contributed by atoms with Crippen LogP contribution in [0.15, 0.2) is 24.5 Å². The van der Waals surface area contributed by atoms with Gasteiger partial charge in [0.15, 0.2) is 0 Å². The highest BCUT2D eigenvalue weighted by Crippen LogP contribution is 2.33. The molecule has 4 heterocycles. The average molecular weight is 380 g/mol. The number of amides is 2. The van der Waals surface area contributed by atoms with E-state index in [1.807, 2.05) is 15.6 Å². The molecule has 2 aromatic heterocycles. The summed E-state index contributed by atoms with van der Waals surface area (Å²) < 4.78 is 1.81. The van der Waals surface area contributed by atoms with Gasteiger partial charge in [-0.05, 0) is 62.1 Å². The van der Waals surface area contributed by atoms with Crippen LogP contribution in [0, 0.1) is 5.92 Å². The van der Waals surface area contributed by atoms with Gasteiger partial charge in [0.2, 0.25) is 5.91 Å². The van der Waals surface area contributed by atoms with Crippen LogP contribution in [0.2, 0.25) is 0 Å². The van der Waals surface area contributed by atoms with Gasteiger partial charge < -0.3 is 9.80 Å². The molecule has 0 spiro atoms. The normalized spacial score (nSPS) is 21.3. The molecule has 2 aromatic rings. The summed E-state index contributed by atoms with van der Waals surface area (Å²) in [5.41, 5.74) is 2.88. The zero-order valence-corrected chi connectivity index (χ0v) is 16.3. The standard InChI is InChI=1S/C22H28N4O2/c27-21(17-4-3-5-17)25-11-6-16(7-12-25)18-8-13-26-20(14-18)19(15-23-26)22(28)24-9-1-2-10-24/h8,13-17H,1-7,9-12H2. The van der Waals surface area contributed by atoms with Crippen molar-refractivity contribution >= 4 is 17.3 Å². The molecular formula is C22H28N4O2. The summed E-state index contributed by atoms with van der Waals surface area (Å²) in [4.78, 5) is 29.3. The van der Waals surface area contributed by atoms with Crippen molar-refractivity contribution in [3.63, 3.8) is 0 Å². The lowest BCUT2D eigenvalue weighted by molar-refractivity contribution is -0.139. The lowest BCUT2D eigenvalue weighted by atomic mass is 9.83. The molecule has 0 bridgehead atoms. The number of carbonyl (C=O) groups is 2. The fraction of sp³-hybridized carbons (Fsp3) is 0.591. The Hall–Kier alpha value is -2.37. The summed E-state index contributed by atoms with van der Waals surface area (Å²) in [6, 6.07) is 4.27. The monoisotopic (exact) mass is 380 g/mol. The van der Waals surface area contributed by atoms with E-state index in [-0.39, 0.29) is 5.91 Å². The Labute approximate surface area is 165 Å². The van der Waals surface area contributed by atoms with E-state index < -0.39 is 0 Å². The molecule has 6 nitrogen and oxygen atoms in total. The zero-order chi connectivity index (χ0) is 19.1. The van der Waals surface area contributed by atoms with Crippen molar-refractivity contribution in [1.29, 1.82) is 0 Å². The van der Waals surface area contributed by atoms with Crippen LogP contribution in [0.3, 0.4) is 0 Å². The van der Waals surface area contributed by atoms with E-state index in [0.29, 0.717) is 23.3 Å². The molecule has 2 amide bonds. The molecule has 0 radical (unpaired) electrons. The summed E-state index contributed by atoms with van der Waals surface area (Å²) in [5, 5.41) is 4.38. The predicted molar refractivity (Wildman–Crippen MR) is 106 cm³/mol. The third kappa shape index (κ3) is 3.09. The number of likely N-dealkylation sites (tertiary alicyclic amines) is 2. The first kappa shape index (κ1) is 17.7. The Morgan fingerprint density at radius 3 is 2.36 bits per heavy atom. The molecule has 1 saturated carbocycles. The van der Waals surface area contributed by atoms with Crippen molar-refractivity contribution in [2.75, 3.05) is 26.2 Å². The SMILES string of the molecule is O=C(c1cnn2ccc(C3CCN(C(=O)C4CCC4)CC3)cc12)N1CCCC1. The second-order valence-electron chi connectivity index (χ2n) is 8.57. The van der Waals surface area contributed by atoms with Crippen molar-refractivity contribution in [2.24, 2.45) is 5.92 Å². The second-order valence-corrected chi connectivity index (χ2v) is 8.57. The Morgan fingerprint density at radius 1 is 0.929 bits per heavy atom. The van der Waals surface area contributed by atoms with E-state index in [2.05, 4.69) is 22.1 Å². The maximum absolute atomic E-state index is 12.9. The van der Waals surface area contributed by atoms with E-state index in [1.54, 1.807) is 6.20 Å². The minimum Gasteiger partial charge on any atom is -0.342 e. The van der Waals surface area contributed by atoms with E-state index >= 15 is 0 Å². The topological polar surface area (TPSA) is 57.9 Å². The van der Waals surface area contributed by atoms with Crippen LogP contribution < -0.4 is 0 Å². The highest BCUT2D eigenvalue weighted by atomic mass is 16.2. The van der Waals surface area contributed by atoms with Crippen molar-refractivity contribution in [1.82, 2.24) is 19.4 Å². The Morgan fingerprint density at radius 2 is 1.68 bits per heavy atom. The molecule has 28 heavy (non-hydrogen) atoms. The van der Waals surface area contributed by atoms with Gasteiger partial charge in [0.25, 0.3) is 5.91 Å². The smallest absolute Gasteiger partial charge is 0.257 e. The lowest BCUT2D eigenvalue weighted by Gasteiger charge is -2.36. The summed E-state index contributed by atoms with van der Waals surface area (Å²) in [5.74, 6) is 1.21. The van der Waals surface area contributed by atoms with Crippen LogP contribution in [-0.4, -0.2) is 57.4 Å². The number of hydrogen-bond acceptors (Lipinski definition) is 3. The molecular weight excluding hydrogens is 352 g/mol. The van der Waals surface area contributed by atoms with Gasteiger partial charge >= 0.3 is 0 Å². The zero-order valence-electron chi connectivity index (χ0n) is 16.3. The van der Waals surface area contributed by atoms with Gasteiger partial charge in [0, 0.05) is 38.3 Å². The molecule has 0 aromatic carbocycles. The van der Waals surface area contributed by atoms with Crippen LogP contribution in [-0.2, 0) is 4.79 Å². The highest BCUT2D eigenvalue weighted by molar-refractivity contribution is 6.00. The molecule has 0 atom stereocenters. The number of rotatable bonds is 3. The first-order chi connectivity index (χ1) is 13.7. The fourth-order valence-electron chi connectivity index (χ4n) is 4.85. The number of pyridine rings is 1. The Kier molecular flexibility index (Phi) is 4.57. The van der Waals surface area contributed by atoms with Crippen molar-refractivity contribution in [2.45, 2.75) is 50.9 Å². The molecule has 148 valence electrons. The molecule has 2 saturated heterocycles. The maximum Gasteiger partial charge on any atom is 0.257 e. The molecule has 0 unspecified atom stereocenters. The third-order valence-corrected chi connectivity index (χ3v) is 6.90. The van der Waals surface area contributed by atoms with Gasteiger partial charge in [-0.15, -0.1) is 0 Å². The predicted octanol–water partition coefficient (Wildman–Crippen LogP) is 3.08. The van der Waals surface area contributed by atoms with Crippen molar-refractivity contribution in [3.8, 4) is 0 Å². The lowest BCUT2D eigenvalue weighted by Crippen LogP contribution is -2.43. The van der Waals surface area contributed by atoms with E-state index in [9.17, 15) is 9.59 Å². The highest BCUT2D eigenvalue weighted by Gasteiger charge is 2.32. The van der Waals surface area contributed by atoms with Crippen LogP contribution in [0.5, 0.6) is 0 Å². The molecule has 0 N–H and O–H groups in total. The van der Waals surface area contributed by atoms with Gasteiger partial charge in [-0.2, -0.15) is 5.10 Å². The van der Waals surface area contributed by atoms with Crippen LogP contribution in [0.4, 0.5) is 0 Å². The number of fused-ring (bicyclic) bond motifs is 1. The molecule has 2 aliphatic heterocycles. The quantitative estimate of drug-likeness (QED) is 0.822. The summed E-state index contributed by atoms with van der Waals surface area (Å²) in [6.45, 7) is 3.40. The first-order valence-electron chi connectivity index (χ1n) is 10.8. The Bertz CT molecular complexity index is 887. The largest absolute Gasteiger partial charge is 0.342 e. The molecule has 5 rings (SSSR count). The number of piperidine rings is 1. The van der Waals surface area contributed by atoms with Gasteiger partial charge in [0.1, 0.15) is 0 Å². The first-order valence-corrected chi connectivity index (χ1v) is 10.8. The average Bonchev–Trinajstić information content (AvgIpc) is 3.36. The molecule has 1 aliphatic carbocycles. The van der Waals surface area contributed by atoms with E-state index in [1.165, 1.54) is 12.0 Å². The number of aromatic nitrogens is 2. The van der Waals surface area contributed by atoms with Crippen LogP contribution in [0.25, 0.3) is 5.52 Å². The fourth-order valence-corrected chi connectivity index (χ4v) is 4.85. The van der Waals surface area contributed by atoms with Crippen LogP contribution in [0.1, 0.15) is 66.8 Å². The van der Waals surface area contributed by atoms with Gasteiger partial charge in [0.05, 0.1) is 17.3 Å². The van der Waals surface area contributed by atoms with Crippen molar-refractivity contribution in [3.05, 3.63) is 35.7 Å². The number of hydrogen-bond donors (Lipinski definition) is 0. The number of nitrogens with zero attached hydrogens (tertiary/aromatic N) is 4. The maximum atomic E-state index is 12.9. The summed E-state index contributed by atoms with van der Waals surface area (Å²) in [6.07, 6.45) is 11.2. The van der Waals surface area contributed by atoms with Gasteiger partial charge in [-0.25, -0.2) is 4.52 Å². The van der Waals surface area contributed by atoms with Crippen LogP contribution >= 0.6 is 0 Å². The Balaban J connectivity index is 1.32. The van der Waals surface area contributed by atoms with E-state index in [4.69, 9.17) is 0 Å². The molecule has 3 aliphatic rings. The van der Waals surface area contributed by atoms with Gasteiger partial charge in [-0.1, -0.05) is 6.42 Å². The summed E-state index contributed by atoms with van der Waals surface area (Å²) in [7, 11) is 0. The third-order valence-electron chi connectivity index (χ3n) is 6.90. The molecule has 6 heteroatoms. The van der Waals surface area contributed by atoms with E-state index in [0.717, 1.165) is 70.2 Å².